The van der Waals surface area contributed by atoms with Crippen LogP contribution >= 0.6 is 0 Å². The molecular weight excluding hydrogens is 265 g/mol. The highest BCUT2D eigenvalue weighted by Gasteiger charge is 2.11. The van der Waals surface area contributed by atoms with Crippen LogP contribution in [0, 0.1) is 5.82 Å². The molecule has 112 valence electrons. The summed E-state index contributed by atoms with van der Waals surface area (Å²) in [5.41, 5.74) is 1.70. The summed E-state index contributed by atoms with van der Waals surface area (Å²) in [6, 6.07) is 10.6. The Hall–Kier alpha value is -1.94. The van der Waals surface area contributed by atoms with Crippen molar-refractivity contribution >= 4 is 11.5 Å². The third kappa shape index (κ3) is 4.26. The minimum atomic E-state index is -0.250. The van der Waals surface area contributed by atoms with E-state index in [0.29, 0.717) is 5.69 Å². The number of hydrogen-bond acceptors (Lipinski definition) is 3. The van der Waals surface area contributed by atoms with Crippen LogP contribution in [-0.2, 0) is 6.54 Å². The summed E-state index contributed by atoms with van der Waals surface area (Å²) >= 11 is 0. The molecule has 0 aliphatic rings. The van der Waals surface area contributed by atoms with Gasteiger partial charge >= 0.3 is 0 Å². The topological polar surface area (TPSA) is 28.2 Å². The van der Waals surface area contributed by atoms with E-state index in [0.717, 1.165) is 17.9 Å². The van der Waals surface area contributed by atoms with Crippen molar-refractivity contribution in [3.63, 3.8) is 0 Å². The minimum absolute atomic E-state index is 0.0721. The zero-order valence-corrected chi connectivity index (χ0v) is 13.0. The third-order valence-electron chi connectivity index (χ3n) is 3.19. The maximum atomic E-state index is 13.8. The molecule has 1 heterocycles. The van der Waals surface area contributed by atoms with E-state index in [2.05, 4.69) is 31.1 Å². The number of hydrogen-bond donors (Lipinski definition) is 1. The van der Waals surface area contributed by atoms with Crippen LogP contribution in [0.3, 0.4) is 0 Å². The van der Waals surface area contributed by atoms with Crippen molar-refractivity contribution in [3.05, 3.63) is 54.0 Å². The lowest BCUT2D eigenvalue weighted by atomic mass is 10.1. The van der Waals surface area contributed by atoms with Gasteiger partial charge in [0.15, 0.2) is 0 Å². The van der Waals surface area contributed by atoms with Crippen molar-refractivity contribution in [1.29, 1.82) is 0 Å². The largest absolute Gasteiger partial charge is 0.327 e. The lowest BCUT2D eigenvalue weighted by Crippen LogP contribution is -2.35. The van der Waals surface area contributed by atoms with Gasteiger partial charge in [-0.05, 0) is 44.5 Å². The highest BCUT2D eigenvalue weighted by molar-refractivity contribution is 5.59. The van der Waals surface area contributed by atoms with Crippen molar-refractivity contribution < 1.29 is 4.39 Å². The first-order valence-corrected chi connectivity index (χ1v) is 7.05. The zero-order chi connectivity index (χ0) is 15.5. The van der Waals surface area contributed by atoms with Crippen molar-refractivity contribution in [3.8, 4) is 0 Å². The molecule has 0 radical (unpaired) electrons. The maximum Gasteiger partial charge on any atom is 0.146 e. The zero-order valence-electron chi connectivity index (χ0n) is 13.0. The molecule has 3 nitrogen and oxygen atoms in total. The normalized spacial score (nSPS) is 11.5. The first-order valence-electron chi connectivity index (χ1n) is 7.05. The van der Waals surface area contributed by atoms with Crippen LogP contribution in [0.5, 0.6) is 0 Å². The van der Waals surface area contributed by atoms with E-state index in [4.69, 9.17) is 0 Å². The summed E-state index contributed by atoms with van der Waals surface area (Å²) in [6.07, 6.45) is 1.82. The van der Waals surface area contributed by atoms with E-state index >= 15 is 0 Å². The number of aromatic nitrogens is 1. The quantitative estimate of drug-likeness (QED) is 0.925. The molecule has 0 atom stereocenters. The maximum absolute atomic E-state index is 13.8. The summed E-state index contributed by atoms with van der Waals surface area (Å²) in [7, 11) is 1.81. The van der Waals surface area contributed by atoms with Crippen molar-refractivity contribution in [2.24, 2.45) is 0 Å². The lowest BCUT2D eigenvalue weighted by Gasteiger charge is -2.21. The predicted octanol–water partition coefficient (Wildman–Crippen LogP) is 3.88. The number of pyridine rings is 1. The number of anilines is 2. The average Bonchev–Trinajstić information content (AvgIpc) is 2.45. The second-order valence-corrected chi connectivity index (χ2v) is 6.14. The third-order valence-corrected chi connectivity index (χ3v) is 3.19. The molecule has 0 unspecified atom stereocenters. The Bertz CT molecular complexity index is 588. The number of benzene rings is 1. The SMILES string of the molecule is CN(c1ccc(CNC(C)(C)C)cn1)c1ccccc1F. The Balaban J connectivity index is 2.10. The van der Waals surface area contributed by atoms with Crippen LogP contribution in [0.4, 0.5) is 15.9 Å². The van der Waals surface area contributed by atoms with E-state index in [1.54, 1.807) is 17.0 Å². The summed E-state index contributed by atoms with van der Waals surface area (Å²) in [6.45, 7) is 7.14. The Labute approximate surface area is 125 Å². The molecule has 0 spiro atoms. The van der Waals surface area contributed by atoms with Crippen LogP contribution in [0.1, 0.15) is 26.3 Å². The predicted molar refractivity (Wildman–Crippen MR) is 85.3 cm³/mol. The fourth-order valence-corrected chi connectivity index (χ4v) is 1.93. The summed E-state index contributed by atoms with van der Waals surface area (Å²) < 4.78 is 13.8. The van der Waals surface area contributed by atoms with Crippen LogP contribution in [0.25, 0.3) is 0 Å². The van der Waals surface area contributed by atoms with E-state index in [9.17, 15) is 4.39 Å². The van der Waals surface area contributed by atoms with Crippen LogP contribution in [0.15, 0.2) is 42.6 Å². The standard InChI is InChI=1S/C17H22FN3/c1-17(2,3)20-12-13-9-10-16(19-11-13)21(4)15-8-6-5-7-14(15)18/h5-11,20H,12H2,1-4H3. The fraction of sp³-hybridized carbons (Fsp3) is 0.353. The molecule has 0 aliphatic heterocycles. The van der Waals surface area contributed by atoms with Gasteiger partial charge in [0.25, 0.3) is 0 Å². The van der Waals surface area contributed by atoms with Crippen molar-refractivity contribution in [2.75, 3.05) is 11.9 Å². The van der Waals surface area contributed by atoms with Crippen LogP contribution in [-0.4, -0.2) is 17.6 Å². The van der Waals surface area contributed by atoms with E-state index < -0.39 is 0 Å². The van der Waals surface area contributed by atoms with Gasteiger partial charge in [-0.25, -0.2) is 9.37 Å². The molecule has 2 rings (SSSR count). The number of halogens is 1. The number of rotatable bonds is 4. The minimum Gasteiger partial charge on any atom is -0.327 e. The van der Waals surface area contributed by atoms with Gasteiger partial charge in [-0.1, -0.05) is 18.2 Å². The lowest BCUT2D eigenvalue weighted by molar-refractivity contribution is 0.424. The molecule has 1 N–H and O–H groups in total. The second-order valence-electron chi connectivity index (χ2n) is 6.14. The Morgan fingerprint density at radius 2 is 1.86 bits per heavy atom. The van der Waals surface area contributed by atoms with E-state index in [1.165, 1.54) is 6.07 Å². The van der Waals surface area contributed by atoms with Gasteiger partial charge in [-0.15, -0.1) is 0 Å². The van der Waals surface area contributed by atoms with Gasteiger partial charge in [-0.2, -0.15) is 0 Å². The number of nitrogens with zero attached hydrogens (tertiary/aromatic N) is 2. The number of nitrogens with one attached hydrogen (secondary N) is 1. The van der Waals surface area contributed by atoms with E-state index in [1.807, 2.05) is 31.4 Å². The smallest absolute Gasteiger partial charge is 0.146 e. The molecule has 0 fully saturated rings. The van der Waals surface area contributed by atoms with Gasteiger partial charge in [0.05, 0.1) is 5.69 Å². The van der Waals surface area contributed by atoms with E-state index in [-0.39, 0.29) is 11.4 Å². The number of para-hydroxylation sites is 1. The molecule has 1 aromatic heterocycles. The van der Waals surface area contributed by atoms with Gasteiger partial charge in [0.1, 0.15) is 11.6 Å². The molecule has 2 aromatic rings. The van der Waals surface area contributed by atoms with Gasteiger partial charge in [0.2, 0.25) is 0 Å². The average molecular weight is 287 g/mol. The molecule has 21 heavy (non-hydrogen) atoms. The first kappa shape index (κ1) is 15.4. The van der Waals surface area contributed by atoms with Crippen LogP contribution in [0.2, 0.25) is 0 Å². The molecule has 0 aliphatic carbocycles. The van der Waals surface area contributed by atoms with Gasteiger partial charge < -0.3 is 10.2 Å². The second kappa shape index (κ2) is 6.22. The molecular formula is C17H22FN3. The first-order chi connectivity index (χ1) is 9.87. The Morgan fingerprint density at radius 3 is 2.43 bits per heavy atom. The monoisotopic (exact) mass is 287 g/mol. The Kier molecular flexibility index (Phi) is 4.58. The van der Waals surface area contributed by atoms with Crippen molar-refractivity contribution in [2.45, 2.75) is 32.9 Å². The summed E-state index contributed by atoms with van der Waals surface area (Å²) in [4.78, 5) is 6.16. The van der Waals surface area contributed by atoms with Crippen LogP contribution < -0.4 is 10.2 Å². The molecule has 0 amide bonds. The summed E-state index contributed by atoms with van der Waals surface area (Å²) in [5, 5.41) is 3.41. The summed E-state index contributed by atoms with van der Waals surface area (Å²) in [5.74, 6) is 0.472. The molecule has 1 aromatic carbocycles. The Morgan fingerprint density at radius 1 is 1.14 bits per heavy atom. The highest BCUT2D eigenvalue weighted by atomic mass is 19.1. The van der Waals surface area contributed by atoms with Gasteiger partial charge in [-0.3, -0.25) is 0 Å². The molecule has 0 saturated carbocycles. The highest BCUT2D eigenvalue weighted by Crippen LogP contribution is 2.24. The molecule has 4 heteroatoms. The molecule has 0 bridgehead atoms. The molecule has 0 saturated heterocycles. The fourth-order valence-electron chi connectivity index (χ4n) is 1.93. The van der Waals surface area contributed by atoms with Gasteiger partial charge in [0, 0.05) is 25.3 Å². The van der Waals surface area contributed by atoms with Crippen molar-refractivity contribution in [1.82, 2.24) is 10.3 Å².